The minimum Gasteiger partial charge on any atom is -0.756 e. The number of carbonyl (C=O) groups is 1. The molecule has 2 N–H and O–H groups in total. The summed E-state index contributed by atoms with van der Waals surface area (Å²) in [4.78, 5) is 25.6. The Morgan fingerprint density at radius 2 is 0.792 bits per heavy atom. The second-order valence-electron chi connectivity index (χ2n) is 23.8. The number of amides is 1. The molecule has 0 aromatic rings. The smallest absolute Gasteiger partial charge is 0.268 e. The maximum absolute atomic E-state index is 13.0. The normalized spacial score (nSPS) is 14.1. The van der Waals surface area contributed by atoms with E-state index >= 15 is 0 Å². The Morgan fingerprint density at radius 1 is 0.468 bits per heavy atom. The number of aliphatic hydroxyl groups excluding tert-OH is 1. The van der Waals surface area contributed by atoms with Gasteiger partial charge in [0.1, 0.15) is 13.2 Å². The number of carbonyl (C=O) groups excluding carboxylic acids is 1. The summed E-state index contributed by atoms with van der Waals surface area (Å²) in [5.74, 6) is -0.159. The second-order valence-corrected chi connectivity index (χ2v) is 25.2. The molecule has 9 heteroatoms. The number of unbranched alkanes of at least 4 members (excludes halogenated alkanes) is 38. The quantitative estimate of drug-likeness (QED) is 0.0272. The van der Waals surface area contributed by atoms with Crippen molar-refractivity contribution in [2.45, 2.75) is 328 Å². The lowest BCUT2D eigenvalue weighted by Crippen LogP contribution is -2.46. The number of nitrogens with one attached hydrogen (secondary N) is 1. The molecule has 0 aliphatic rings. The summed E-state index contributed by atoms with van der Waals surface area (Å²) in [6.07, 6.45) is 80.1. The molecule has 0 rings (SSSR count). The molecule has 0 aromatic carbocycles. The number of aliphatic hydroxyl groups is 1. The third-order valence-corrected chi connectivity index (χ3v) is 16.0. The first-order chi connectivity index (χ1) is 37.5. The van der Waals surface area contributed by atoms with Crippen molar-refractivity contribution in [2.24, 2.45) is 0 Å². The Kier molecular flexibility index (Phi) is 57.5. The maximum atomic E-state index is 13.0. The highest BCUT2D eigenvalue weighted by atomic mass is 31.2. The summed E-state index contributed by atoms with van der Waals surface area (Å²) in [6.45, 7) is 4.64. The minimum absolute atomic E-state index is 0.0136. The van der Waals surface area contributed by atoms with Gasteiger partial charge in [-0.05, 0) is 57.8 Å². The van der Waals surface area contributed by atoms with Gasteiger partial charge >= 0.3 is 0 Å². The molecule has 8 nitrogen and oxygen atoms in total. The highest BCUT2D eigenvalue weighted by Gasteiger charge is 2.24. The first-order valence-electron chi connectivity index (χ1n) is 33.1. The van der Waals surface area contributed by atoms with Crippen molar-refractivity contribution < 1.29 is 32.9 Å². The van der Waals surface area contributed by atoms with Crippen molar-refractivity contribution in [3.05, 3.63) is 60.8 Å². The zero-order chi connectivity index (χ0) is 56.3. The first-order valence-corrected chi connectivity index (χ1v) is 34.6. The van der Waals surface area contributed by atoms with E-state index in [0.717, 1.165) is 70.6 Å². The molecule has 452 valence electrons. The molecular weight excluding hydrogens is 972 g/mol. The molecule has 1 amide bonds. The van der Waals surface area contributed by atoms with Crippen LogP contribution in [0.1, 0.15) is 316 Å². The van der Waals surface area contributed by atoms with E-state index in [-0.39, 0.29) is 19.1 Å². The molecule has 3 unspecified atom stereocenters. The van der Waals surface area contributed by atoms with Crippen LogP contribution in [0, 0.1) is 0 Å². The molecule has 0 spiro atoms. The molecule has 0 saturated heterocycles. The molecule has 3 atom stereocenters. The third kappa shape index (κ3) is 61.7. The molecule has 0 aromatic heterocycles. The maximum Gasteiger partial charge on any atom is 0.268 e. The fourth-order valence-corrected chi connectivity index (χ4v) is 10.6. The number of nitrogens with zero attached hydrogens (tertiary/aromatic N) is 1. The Labute approximate surface area is 479 Å². The van der Waals surface area contributed by atoms with Gasteiger partial charge in [0.25, 0.3) is 7.82 Å². The van der Waals surface area contributed by atoms with Crippen molar-refractivity contribution >= 4 is 13.7 Å². The van der Waals surface area contributed by atoms with E-state index in [1.165, 1.54) is 218 Å². The third-order valence-electron chi connectivity index (χ3n) is 15.0. The largest absolute Gasteiger partial charge is 0.756 e. The number of likely N-dealkylation sites (N-methyl/N-ethyl adjacent to an activating group) is 1. The SMILES string of the molecule is CC/C=C\C/C=C\C/C=C\C/C=C\C/C=C\CCCCCCCCCCCCCCCCCCCCCCCCCC(=O)NC(COP(=O)([O-])OCC[N+](C)(C)C)C(O)CCCCCCCCCCCCCCCCCC. The number of hydrogen-bond donors (Lipinski definition) is 2. The van der Waals surface area contributed by atoms with Crippen molar-refractivity contribution in [3.63, 3.8) is 0 Å². The van der Waals surface area contributed by atoms with E-state index in [4.69, 9.17) is 9.05 Å². The Hall–Kier alpha value is -1.80. The molecular formula is C68H129N2O6P. The first kappa shape index (κ1) is 75.2. The summed E-state index contributed by atoms with van der Waals surface area (Å²) in [6, 6.07) is -0.800. The van der Waals surface area contributed by atoms with Gasteiger partial charge in [-0.2, -0.15) is 0 Å². The zero-order valence-corrected chi connectivity index (χ0v) is 52.6. The van der Waals surface area contributed by atoms with Crippen LogP contribution in [0.4, 0.5) is 0 Å². The van der Waals surface area contributed by atoms with Crippen LogP contribution >= 0.6 is 7.82 Å². The Morgan fingerprint density at radius 3 is 1.16 bits per heavy atom. The number of allylic oxidation sites excluding steroid dienone is 10. The number of rotatable bonds is 61. The van der Waals surface area contributed by atoms with E-state index < -0.39 is 20.0 Å². The van der Waals surface area contributed by atoms with Gasteiger partial charge in [-0.25, -0.2) is 0 Å². The summed E-state index contributed by atoms with van der Waals surface area (Å²) in [5, 5.41) is 14.0. The van der Waals surface area contributed by atoms with Gasteiger partial charge in [0.05, 0.1) is 39.9 Å². The molecule has 0 aliphatic heterocycles. The molecule has 0 bridgehead atoms. The monoisotopic (exact) mass is 1100 g/mol. The van der Waals surface area contributed by atoms with Crippen molar-refractivity contribution in [1.82, 2.24) is 5.32 Å². The fraction of sp³-hybridized carbons (Fsp3) is 0.838. The summed E-state index contributed by atoms with van der Waals surface area (Å²) < 4.78 is 23.5. The van der Waals surface area contributed by atoms with Gasteiger partial charge in [0, 0.05) is 6.42 Å². The molecule has 77 heavy (non-hydrogen) atoms. The van der Waals surface area contributed by atoms with Crippen molar-refractivity contribution in [2.75, 3.05) is 40.9 Å². The Balaban J connectivity index is 3.90. The van der Waals surface area contributed by atoms with Crippen LogP contribution in [-0.4, -0.2) is 68.5 Å². The second kappa shape index (κ2) is 58.8. The molecule has 0 aliphatic carbocycles. The van der Waals surface area contributed by atoms with Crippen molar-refractivity contribution in [3.8, 4) is 0 Å². The fourth-order valence-electron chi connectivity index (χ4n) is 9.89. The number of quaternary nitrogens is 1. The van der Waals surface area contributed by atoms with E-state index in [0.29, 0.717) is 23.9 Å². The highest BCUT2D eigenvalue weighted by Crippen LogP contribution is 2.38. The van der Waals surface area contributed by atoms with E-state index in [1.54, 1.807) is 0 Å². The van der Waals surface area contributed by atoms with Gasteiger partial charge in [-0.15, -0.1) is 0 Å². The predicted molar refractivity (Wildman–Crippen MR) is 334 cm³/mol. The summed E-state index contributed by atoms with van der Waals surface area (Å²) in [5.41, 5.74) is 0. The van der Waals surface area contributed by atoms with E-state index in [9.17, 15) is 19.4 Å². The van der Waals surface area contributed by atoms with Crippen LogP contribution < -0.4 is 10.2 Å². The predicted octanol–water partition coefficient (Wildman–Crippen LogP) is 20.2. The van der Waals surface area contributed by atoms with Crippen LogP contribution in [0.2, 0.25) is 0 Å². The number of phosphoric ester groups is 1. The van der Waals surface area contributed by atoms with Crippen molar-refractivity contribution in [1.29, 1.82) is 0 Å². The van der Waals surface area contributed by atoms with Crippen LogP contribution in [0.15, 0.2) is 60.8 Å². The summed E-state index contributed by atoms with van der Waals surface area (Å²) >= 11 is 0. The standard InChI is InChI=1S/C68H129N2O6P/c1-6-8-10-12-14-16-18-20-22-24-25-26-27-28-29-30-31-32-33-34-35-36-37-38-39-40-41-42-43-44-45-46-48-50-52-54-56-58-60-62-68(72)69-66(65-76-77(73,74)75-64-63-70(3,4)5)67(71)61-59-57-55-53-51-49-47-23-21-19-17-15-13-11-9-7-2/h8,10,14,16,20,22,25-26,28-29,66-67,71H,6-7,9,11-13,15,17-19,21,23-24,27,30-65H2,1-5H3,(H-,69,72,73,74)/b10-8-,16-14-,22-20-,26-25-,29-28-. The summed E-state index contributed by atoms with van der Waals surface area (Å²) in [7, 11) is 1.32. The van der Waals surface area contributed by atoms with Gasteiger partial charge in [0.2, 0.25) is 5.91 Å². The topological polar surface area (TPSA) is 108 Å². The van der Waals surface area contributed by atoms with Crippen LogP contribution in [0.5, 0.6) is 0 Å². The van der Waals surface area contributed by atoms with E-state index in [1.807, 2.05) is 21.1 Å². The lowest BCUT2D eigenvalue weighted by atomic mass is 10.0. The van der Waals surface area contributed by atoms with Gasteiger partial charge in [-0.1, -0.05) is 312 Å². The van der Waals surface area contributed by atoms with E-state index in [2.05, 4.69) is 79.9 Å². The van der Waals surface area contributed by atoms with Crippen LogP contribution in [0.25, 0.3) is 0 Å². The molecule has 0 radical (unpaired) electrons. The van der Waals surface area contributed by atoms with Gasteiger partial charge < -0.3 is 28.8 Å². The minimum atomic E-state index is -4.57. The molecule has 0 saturated carbocycles. The zero-order valence-electron chi connectivity index (χ0n) is 51.7. The average Bonchev–Trinajstić information content (AvgIpc) is 3.39. The molecule has 0 heterocycles. The lowest BCUT2D eigenvalue weighted by molar-refractivity contribution is -0.870. The highest BCUT2D eigenvalue weighted by molar-refractivity contribution is 7.45. The van der Waals surface area contributed by atoms with Crippen LogP contribution in [0.3, 0.4) is 0 Å². The lowest BCUT2D eigenvalue weighted by Gasteiger charge is -2.30. The number of hydrogen-bond acceptors (Lipinski definition) is 6. The molecule has 0 fully saturated rings. The van der Waals surface area contributed by atoms with Gasteiger partial charge in [-0.3, -0.25) is 9.36 Å². The van der Waals surface area contributed by atoms with Gasteiger partial charge in [0.15, 0.2) is 0 Å². The Bertz CT molecular complexity index is 1440. The number of phosphoric acid groups is 1. The average molecular weight is 1100 g/mol. The van der Waals surface area contributed by atoms with Crippen LogP contribution in [-0.2, 0) is 18.4 Å².